The van der Waals surface area contributed by atoms with Crippen LogP contribution in [0.3, 0.4) is 0 Å². The third kappa shape index (κ3) is 7.36. The lowest BCUT2D eigenvalue weighted by Gasteiger charge is -2.04. The predicted molar refractivity (Wildman–Crippen MR) is 93.8 cm³/mol. The Kier molecular flexibility index (Phi) is 7.72. The Labute approximate surface area is 144 Å². The van der Waals surface area contributed by atoms with Crippen molar-refractivity contribution in [3.8, 4) is 11.5 Å². The van der Waals surface area contributed by atoms with E-state index in [-0.39, 0.29) is 11.5 Å². The van der Waals surface area contributed by atoms with Gasteiger partial charge in [0, 0.05) is 15.2 Å². The molecule has 6 heteroatoms. The summed E-state index contributed by atoms with van der Waals surface area (Å²) in [7, 11) is 0. The van der Waals surface area contributed by atoms with E-state index in [4.69, 9.17) is 9.47 Å². The first kappa shape index (κ1) is 17.6. The highest BCUT2D eigenvalue weighted by Gasteiger charge is 1.95. The summed E-state index contributed by atoms with van der Waals surface area (Å²) in [6.07, 6.45) is 1.63. The molecule has 0 saturated carbocycles. The first-order valence-corrected chi connectivity index (χ1v) is 8.82. The maximum atomic E-state index is 9.18. The lowest BCUT2D eigenvalue weighted by atomic mass is 10.3. The number of hydrogen-bond donors (Lipinski definition) is 2. The smallest absolute Gasteiger partial charge is 0.115 e. The van der Waals surface area contributed by atoms with Crippen molar-refractivity contribution < 1.29 is 19.7 Å². The number of benzene rings is 2. The number of rotatable bonds is 9. The number of thioether (sulfide) groups is 2. The molecule has 0 saturated heterocycles. The number of phenols is 2. The van der Waals surface area contributed by atoms with Crippen LogP contribution in [0.1, 0.15) is 0 Å². The van der Waals surface area contributed by atoms with Crippen molar-refractivity contribution >= 4 is 23.5 Å². The SMILES string of the molecule is Oc1ccc(SC=COCCOCSc2ccc(O)cc2)cc1. The first-order chi connectivity index (χ1) is 11.2. The highest BCUT2D eigenvalue weighted by molar-refractivity contribution is 8.02. The van der Waals surface area contributed by atoms with Gasteiger partial charge in [0.05, 0.1) is 18.8 Å². The Hall–Kier alpha value is -1.76. The highest BCUT2D eigenvalue weighted by atomic mass is 32.2. The van der Waals surface area contributed by atoms with Crippen LogP contribution in [0.25, 0.3) is 0 Å². The van der Waals surface area contributed by atoms with E-state index in [1.165, 1.54) is 11.8 Å². The molecular formula is C17H18O4S2. The van der Waals surface area contributed by atoms with Crippen LogP contribution in [0.2, 0.25) is 0 Å². The molecule has 2 N–H and O–H groups in total. The molecule has 0 aliphatic carbocycles. The fourth-order valence-electron chi connectivity index (χ4n) is 1.56. The van der Waals surface area contributed by atoms with Crippen molar-refractivity contribution in [1.29, 1.82) is 0 Å². The van der Waals surface area contributed by atoms with Crippen LogP contribution in [0.5, 0.6) is 11.5 Å². The van der Waals surface area contributed by atoms with Gasteiger partial charge in [-0.25, -0.2) is 0 Å². The molecule has 23 heavy (non-hydrogen) atoms. The Bertz CT molecular complexity index is 597. The number of aromatic hydroxyl groups is 2. The summed E-state index contributed by atoms with van der Waals surface area (Å²) in [5.41, 5.74) is 0. The molecule has 0 radical (unpaired) electrons. The molecule has 2 rings (SSSR count). The molecule has 0 atom stereocenters. The van der Waals surface area contributed by atoms with E-state index >= 15 is 0 Å². The van der Waals surface area contributed by atoms with Crippen molar-refractivity contribution in [2.24, 2.45) is 0 Å². The van der Waals surface area contributed by atoms with Gasteiger partial charge in [0.2, 0.25) is 0 Å². The van der Waals surface area contributed by atoms with Crippen molar-refractivity contribution in [2.45, 2.75) is 9.79 Å². The summed E-state index contributed by atoms with van der Waals surface area (Å²) in [5.74, 6) is 1.07. The summed E-state index contributed by atoms with van der Waals surface area (Å²) in [6.45, 7) is 1.00. The molecule has 0 aliphatic heterocycles. The van der Waals surface area contributed by atoms with Gasteiger partial charge < -0.3 is 19.7 Å². The Morgan fingerprint density at radius 3 is 2.09 bits per heavy atom. The highest BCUT2D eigenvalue weighted by Crippen LogP contribution is 2.22. The second-order valence-electron chi connectivity index (χ2n) is 4.42. The van der Waals surface area contributed by atoms with Crippen LogP contribution >= 0.6 is 23.5 Å². The Morgan fingerprint density at radius 2 is 1.43 bits per heavy atom. The zero-order chi connectivity index (χ0) is 16.3. The number of phenolic OH excluding ortho intramolecular Hbond substituents is 2. The quantitative estimate of drug-likeness (QED) is 0.302. The second-order valence-corrected chi connectivity index (χ2v) is 6.39. The molecule has 0 aliphatic rings. The molecule has 0 amide bonds. The van der Waals surface area contributed by atoms with E-state index in [1.54, 1.807) is 42.3 Å². The number of hydrogen-bond acceptors (Lipinski definition) is 6. The summed E-state index contributed by atoms with van der Waals surface area (Å²) in [6, 6.07) is 14.0. The average molecular weight is 350 g/mol. The molecule has 0 heterocycles. The maximum Gasteiger partial charge on any atom is 0.115 e. The van der Waals surface area contributed by atoms with Gasteiger partial charge in [-0.2, -0.15) is 0 Å². The molecule has 0 fully saturated rings. The van der Waals surface area contributed by atoms with Crippen molar-refractivity contribution in [3.05, 3.63) is 60.2 Å². The molecule has 0 spiro atoms. The molecular weight excluding hydrogens is 332 g/mol. The fraction of sp³-hybridized carbons (Fsp3) is 0.176. The first-order valence-electron chi connectivity index (χ1n) is 6.96. The predicted octanol–water partition coefficient (Wildman–Crippen LogP) is 4.44. The molecule has 2 aromatic rings. The zero-order valence-electron chi connectivity index (χ0n) is 12.4. The van der Waals surface area contributed by atoms with Gasteiger partial charge in [0.1, 0.15) is 18.1 Å². The normalized spacial score (nSPS) is 11.0. The van der Waals surface area contributed by atoms with E-state index in [0.717, 1.165) is 9.79 Å². The van der Waals surface area contributed by atoms with Crippen LogP contribution in [0.4, 0.5) is 0 Å². The third-order valence-electron chi connectivity index (χ3n) is 2.68. The van der Waals surface area contributed by atoms with Crippen LogP contribution < -0.4 is 0 Å². The Morgan fingerprint density at radius 1 is 0.826 bits per heavy atom. The molecule has 2 aromatic carbocycles. The molecule has 0 unspecified atom stereocenters. The lowest BCUT2D eigenvalue weighted by molar-refractivity contribution is 0.115. The largest absolute Gasteiger partial charge is 0.508 e. The van der Waals surface area contributed by atoms with E-state index in [0.29, 0.717) is 19.2 Å². The van der Waals surface area contributed by atoms with Gasteiger partial charge in [-0.3, -0.25) is 0 Å². The van der Waals surface area contributed by atoms with Gasteiger partial charge in [0.25, 0.3) is 0 Å². The van der Waals surface area contributed by atoms with Gasteiger partial charge in [0.15, 0.2) is 0 Å². The summed E-state index contributed by atoms with van der Waals surface area (Å²) in [4.78, 5) is 2.08. The molecule has 0 aromatic heterocycles. The minimum Gasteiger partial charge on any atom is -0.508 e. The van der Waals surface area contributed by atoms with Gasteiger partial charge in [-0.05, 0) is 48.5 Å². The minimum atomic E-state index is 0.261. The lowest BCUT2D eigenvalue weighted by Crippen LogP contribution is -2.00. The van der Waals surface area contributed by atoms with Crippen molar-refractivity contribution in [2.75, 3.05) is 19.2 Å². The van der Waals surface area contributed by atoms with E-state index in [2.05, 4.69) is 0 Å². The minimum absolute atomic E-state index is 0.261. The van der Waals surface area contributed by atoms with Crippen molar-refractivity contribution in [1.82, 2.24) is 0 Å². The van der Waals surface area contributed by atoms with Crippen LogP contribution in [0, 0.1) is 0 Å². The summed E-state index contributed by atoms with van der Waals surface area (Å²) in [5, 5.41) is 20.2. The second kappa shape index (κ2) is 10.1. The van der Waals surface area contributed by atoms with E-state index < -0.39 is 0 Å². The topological polar surface area (TPSA) is 58.9 Å². The molecule has 4 nitrogen and oxygen atoms in total. The van der Waals surface area contributed by atoms with Gasteiger partial charge >= 0.3 is 0 Å². The van der Waals surface area contributed by atoms with E-state index in [9.17, 15) is 10.2 Å². The van der Waals surface area contributed by atoms with Crippen LogP contribution in [-0.4, -0.2) is 29.4 Å². The summed E-state index contributed by atoms with van der Waals surface area (Å²) >= 11 is 3.08. The van der Waals surface area contributed by atoms with Crippen LogP contribution in [-0.2, 0) is 9.47 Å². The fourth-order valence-corrected chi connectivity index (χ4v) is 2.81. The average Bonchev–Trinajstić information content (AvgIpc) is 2.56. The standard InChI is InChI=1S/C17H18O4S2/c18-14-1-5-16(6-2-14)22-12-11-20-9-10-21-13-23-17-7-3-15(19)4-8-17/h1-8,11-12,18-19H,9-10,13H2. The molecule has 0 bridgehead atoms. The maximum absolute atomic E-state index is 9.18. The number of ether oxygens (including phenoxy) is 2. The Balaban J connectivity index is 1.49. The third-order valence-corrected chi connectivity index (χ3v) is 4.37. The van der Waals surface area contributed by atoms with Crippen LogP contribution in [0.15, 0.2) is 70.0 Å². The van der Waals surface area contributed by atoms with Gasteiger partial charge in [-0.15, -0.1) is 0 Å². The summed E-state index contributed by atoms with van der Waals surface area (Å²) < 4.78 is 10.8. The molecule has 122 valence electrons. The monoisotopic (exact) mass is 350 g/mol. The van der Waals surface area contributed by atoms with E-state index in [1.807, 2.05) is 29.7 Å². The van der Waals surface area contributed by atoms with Gasteiger partial charge in [-0.1, -0.05) is 23.5 Å². The van der Waals surface area contributed by atoms with Crippen molar-refractivity contribution in [3.63, 3.8) is 0 Å². The zero-order valence-corrected chi connectivity index (χ0v) is 14.1.